The molecule has 18 heavy (non-hydrogen) atoms. The molecule has 0 unspecified atom stereocenters. The van der Waals surface area contributed by atoms with Gasteiger partial charge in [-0.25, -0.2) is 0 Å². The van der Waals surface area contributed by atoms with Crippen LogP contribution in [0.25, 0.3) is 10.0 Å². The van der Waals surface area contributed by atoms with Gasteiger partial charge in [-0.05, 0) is 0 Å². The first-order valence-electron chi connectivity index (χ1n) is 6.40. The van der Waals surface area contributed by atoms with Gasteiger partial charge in [0.05, 0.1) is 0 Å². The van der Waals surface area contributed by atoms with Gasteiger partial charge in [0, 0.05) is 0 Å². The maximum absolute atomic E-state index is 4.83. The topological polar surface area (TPSA) is 25.8 Å². The van der Waals surface area contributed by atoms with Crippen LogP contribution in [0.4, 0.5) is 0 Å². The Kier molecular flexibility index (Phi) is 4.49. The van der Waals surface area contributed by atoms with E-state index in [1.807, 2.05) is 11.3 Å². The van der Waals surface area contributed by atoms with E-state index in [4.69, 9.17) is 4.98 Å². The zero-order valence-electron chi connectivity index (χ0n) is 11.7. The number of thiazole rings is 2. The standard InChI is InChI=1S/C10H11N2S2.3CH3.Sn/c1-3-7-5-13-9(11-7)10-12-8(4-2)6-14-10;;;;/h5H,3-4H2,1-2H3;3*1H3;. The summed E-state index contributed by atoms with van der Waals surface area (Å²) >= 11 is 1.61. The van der Waals surface area contributed by atoms with Crippen LogP contribution in [-0.2, 0) is 12.8 Å². The molecule has 0 atom stereocenters. The fourth-order valence-corrected chi connectivity index (χ4v) is 10.6. The summed E-state index contributed by atoms with van der Waals surface area (Å²) in [5.74, 6) is 0. The van der Waals surface area contributed by atoms with E-state index in [0.717, 1.165) is 22.9 Å². The molecule has 2 aromatic heterocycles. The predicted octanol–water partition coefficient (Wildman–Crippen LogP) is 3.94. The first-order valence-corrected chi connectivity index (χ1v) is 18.1. The zero-order chi connectivity index (χ0) is 13.3. The number of aryl methyl sites for hydroxylation is 2. The molecule has 0 radical (unpaired) electrons. The van der Waals surface area contributed by atoms with Gasteiger partial charge in [0.1, 0.15) is 0 Å². The van der Waals surface area contributed by atoms with Crippen molar-refractivity contribution in [2.24, 2.45) is 0 Å². The fourth-order valence-electron chi connectivity index (χ4n) is 1.84. The minimum absolute atomic E-state index is 1.01. The second-order valence-corrected chi connectivity index (χ2v) is 22.6. The molecule has 0 fully saturated rings. The summed E-state index contributed by atoms with van der Waals surface area (Å²) in [5, 5.41) is 4.40. The van der Waals surface area contributed by atoms with Gasteiger partial charge in [0.15, 0.2) is 0 Å². The summed E-state index contributed by atoms with van der Waals surface area (Å²) in [6.45, 7) is 4.36. The van der Waals surface area contributed by atoms with Crippen LogP contribution in [0.15, 0.2) is 5.38 Å². The Morgan fingerprint density at radius 1 is 1.06 bits per heavy atom. The summed E-state index contributed by atoms with van der Waals surface area (Å²) in [4.78, 5) is 16.9. The Morgan fingerprint density at radius 3 is 2.22 bits per heavy atom. The molecule has 0 amide bonds. The van der Waals surface area contributed by atoms with Crippen LogP contribution < -0.4 is 2.89 Å². The summed E-state index contributed by atoms with van der Waals surface area (Å²) in [6, 6.07) is 0. The molecule has 0 saturated heterocycles. The second kappa shape index (κ2) is 5.59. The predicted molar refractivity (Wildman–Crippen MR) is 85.0 cm³/mol. The molecule has 0 bridgehead atoms. The van der Waals surface area contributed by atoms with Gasteiger partial charge in [-0.1, -0.05) is 0 Å². The van der Waals surface area contributed by atoms with Gasteiger partial charge in [0.2, 0.25) is 0 Å². The van der Waals surface area contributed by atoms with Crippen molar-refractivity contribution >= 4 is 43.9 Å². The summed E-state index contributed by atoms with van der Waals surface area (Å²) in [6.07, 6.45) is 2.06. The number of aromatic nitrogens is 2. The van der Waals surface area contributed by atoms with E-state index >= 15 is 0 Å². The van der Waals surface area contributed by atoms with Crippen molar-refractivity contribution < 1.29 is 0 Å². The fraction of sp³-hybridized carbons (Fsp3) is 0.538. The summed E-state index contributed by atoms with van der Waals surface area (Å²) in [5.41, 5.74) is 2.51. The first kappa shape index (κ1) is 14.5. The Balaban J connectivity index is 2.44. The molecule has 5 heteroatoms. The van der Waals surface area contributed by atoms with Crippen molar-refractivity contribution in [1.29, 1.82) is 0 Å². The third-order valence-electron chi connectivity index (χ3n) is 2.81. The van der Waals surface area contributed by atoms with Crippen LogP contribution in [0.5, 0.6) is 0 Å². The number of rotatable bonds is 4. The summed E-state index contributed by atoms with van der Waals surface area (Å²) in [7, 11) is 0. The van der Waals surface area contributed by atoms with Crippen molar-refractivity contribution in [2.75, 3.05) is 0 Å². The van der Waals surface area contributed by atoms with Crippen LogP contribution in [0.2, 0.25) is 14.8 Å². The van der Waals surface area contributed by atoms with Crippen molar-refractivity contribution in [1.82, 2.24) is 9.97 Å². The van der Waals surface area contributed by atoms with E-state index in [0.29, 0.717) is 0 Å². The van der Waals surface area contributed by atoms with Crippen LogP contribution in [-0.4, -0.2) is 28.3 Å². The van der Waals surface area contributed by atoms with Crippen molar-refractivity contribution in [2.45, 2.75) is 41.5 Å². The zero-order valence-corrected chi connectivity index (χ0v) is 16.2. The van der Waals surface area contributed by atoms with Gasteiger partial charge in [-0.3, -0.25) is 0 Å². The normalized spacial score (nSPS) is 12.1. The molecule has 0 spiro atoms. The van der Waals surface area contributed by atoms with E-state index < -0.39 is 18.4 Å². The molecule has 2 heterocycles. The molecular weight excluding hydrogens is 367 g/mol. The monoisotopic (exact) mass is 388 g/mol. The van der Waals surface area contributed by atoms with Crippen molar-refractivity contribution in [3.8, 4) is 10.0 Å². The quantitative estimate of drug-likeness (QED) is 0.743. The molecule has 2 aromatic rings. The van der Waals surface area contributed by atoms with E-state index in [2.05, 4.69) is 39.0 Å². The van der Waals surface area contributed by atoms with Crippen LogP contribution in [0, 0.1) is 0 Å². The molecular formula is C13H20N2S2Sn. The molecule has 0 aliphatic heterocycles. The molecule has 2 nitrogen and oxygen atoms in total. The minimum atomic E-state index is -2.02. The molecule has 0 saturated carbocycles. The van der Waals surface area contributed by atoms with Gasteiger partial charge in [-0.15, -0.1) is 0 Å². The summed E-state index contributed by atoms with van der Waals surface area (Å²) < 4.78 is 1.61. The first-order chi connectivity index (χ1) is 8.45. The van der Waals surface area contributed by atoms with E-state index in [-0.39, 0.29) is 0 Å². The number of nitrogens with zero attached hydrogens (tertiary/aromatic N) is 2. The molecule has 0 aliphatic carbocycles. The number of hydrogen-bond acceptors (Lipinski definition) is 4. The van der Waals surface area contributed by atoms with E-state index in [1.54, 1.807) is 14.2 Å². The third kappa shape index (κ3) is 2.96. The van der Waals surface area contributed by atoms with Gasteiger partial charge >= 0.3 is 122 Å². The van der Waals surface area contributed by atoms with Crippen molar-refractivity contribution in [3.05, 3.63) is 16.8 Å². The van der Waals surface area contributed by atoms with Gasteiger partial charge < -0.3 is 0 Å². The van der Waals surface area contributed by atoms with Gasteiger partial charge in [-0.2, -0.15) is 0 Å². The Hall–Kier alpha value is 0.0587. The Bertz CT molecular complexity index is 537. The average molecular weight is 387 g/mol. The number of hydrogen-bond donors (Lipinski definition) is 0. The maximum atomic E-state index is 4.83. The van der Waals surface area contributed by atoms with Crippen LogP contribution in [0.1, 0.15) is 25.2 Å². The van der Waals surface area contributed by atoms with Gasteiger partial charge in [0.25, 0.3) is 0 Å². The molecule has 0 aromatic carbocycles. The SMILES string of the molecule is CCc1csc(-c2nc(CC)[c]([Sn]([CH3])([CH3])[CH3])s2)n1. The van der Waals surface area contributed by atoms with Crippen LogP contribution >= 0.6 is 22.7 Å². The second-order valence-electron chi connectivity index (χ2n) is 5.40. The van der Waals surface area contributed by atoms with Crippen LogP contribution in [0.3, 0.4) is 0 Å². The van der Waals surface area contributed by atoms with Crippen molar-refractivity contribution in [3.63, 3.8) is 0 Å². The third-order valence-corrected chi connectivity index (χ3v) is 14.4. The molecule has 2 rings (SSSR count). The Morgan fingerprint density at radius 2 is 1.78 bits per heavy atom. The molecule has 0 N–H and O–H groups in total. The molecule has 98 valence electrons. The van der Waals surface area contributed by atoms with E-state index in [1.165, 1.54) is 11.4 Å². The Labute approximate surface area is 121 Å². The van der Waals surface area contributed by atoms with E-state index in [9.17, 15) is 0 Å². The molecule has 0 aliphatic rings. The average Bonchev–Trinajstić information content (AvgIpc) is 2.94.